The molecule has 1 fully saturated rings. The number of nitriles is 1. The molecule has 4 heteroatoms. The molecule has 0 aliphatic heterocycles. The Morgan fingerprint density at radius 3 is 2.86 bits per heavy atom. The minimum absolute atomic E-state index is 0.417. The van der Waals surface area contributed by atoms with E-state index >= 15 is 0 Å². The Labute approximate surface area is 130 Å². The van der Waals surface area contributed by atoms with Crippen molar-refractivity contribution >= 4 is 22.6 Å². The van der Waals surface area contributed by atoms with Crippen molar-refractivity contribution in [2.75, 3.05) is 0 Å². The summed E-state index contributed by atoms with van der Waals surface area (Å²) in [7, 11) is 0. The highest BCUT2D eigenvalue weighted by molar-refractivity contribution is 6.16. The molecule has 0 unspecified atom stereocenters. The number of fused-ring (bicyclic) bond motifs is 1. The maximum Gasteiger partial charge on any atom is 0.124 e. The van der Waals surface area contributed by atoms with Crippen LogP contribution in [0.15, 0.2) is 18.2 Å². The van der Waals surface area contributed by atoms with Crippen LogP contribution in [0.5, 0.6) is 0 Å². The van der Waals surface area contributed by atoms with Gasteiger partial charge in [-0.1, -0.05) is 25.7 Å². The van der Waals surface area contributed by atoms with Crippen molar-refractivity contribution in [3.63, 3.8) is 0 Å². The molecule has 1 aromatic carbocycles. The number of imidazole rings is 1. The van der Waals surface area contributed by atoms with Gasteiger partial charge in [-0.15, -0.1) is 11.6 Å². The fourth-order valence-corrected chi connectivity index (χ4v) is 3.63. The quantitative estimate of drug-likeness (QED) is 0.756. The molecule has 1 heterocycles. The van der Waals surface area contributed by atoms with E-state index in [9.17, 15) is 0 Å². The predicted molar refractivity (Wildman–Crippen MR) is 85.2 cm³/mol. The number of rotatable bonds is 5. The van der Waals surface area contributed by atoms with Crippen LogP contribution in [0.25, 0.3) is 11.0 Å². The van der Waals surface area contributed by atoms with E-state index in [1.165, 1.54) is 32.1 Å². The van der Waals surface area contributed by atoms with Crippen molar-refractivity contribution in [3.05, 3.63) is 29.6 Å². The van der Waals surface area contributed by atoms with Crippen molar-refractivity contribution in [2.45, 2.75) is 50.9 Å². The van der Waals surface area contributed by atoms with Crippen LogP contribution in [0.1, 0.15) is 49.9 Å². The lowest BCUT2D eigenvalue weighted by atomic mass is 10.0. The summed E-state index contributed by atoms with van der Waals surface area (Å²) in [6.45, 7) is 0.948. The summed E-state index contributed by atoms with van der Waals surface area (Å²) in [5.74, 6) is 2.24. The van der Waals surface area contributed by atoms with Crippen molar-refractivity contribution in [1.82, 2.24) is 9.55 Å². The van der Waals surface area contributed by atoms with Gasteiger partial charge in [-0.05, 0) is 37.0 Å². The normalized spacial score (nSPS) is 15.6. The molecular formula is C17H20ClN3. The Bertz CT molecular complexity index is 662. The maximum absolute atomic E-state index is 9.07. The summed E-state index contributed by atoms with van der Waals surface area (Å²) in [6, 6.07) is 7.85. The monoisotopic (exact) mass is 301 g/mol. The summed E-state index contributed by atoms with van der Waals surface area (Å²) in [5, 5.41) is 9.07. The largest absolute Gasteiger partial charge is 0.327 e. The molecule has 0 spiro atoms. The van der Waals surface area contributed by atoms with Gasteiger partial charge in [-0.25, -0.2) is 4.98 Å². The van der Waals surface area contributed by atoms with Crippen LogP contribution in [0, 0.1) is 17.2 Å². The Morgan fingerprint density at radius 1 is 1.33 bits per heavy atom. The van der Waals surface area contributed by atoms with Crippen molar-refractivity contribution in [2.24, 2.45) is 5.92 Å². The molecule has 1 saturated carbocycles. The van der Waals surface area contributed by atoms with Crippen LogP contribution in [-0.2, 0) is 12.4 Å². The van der Waals surface area contributed by atoms with Crippen LogP contribution >= 0.6 is 11.6 Å². The third-order valence-corrected chi connectivity index (χ3v) is 4.78. The van der Waals surface area contributed by atoms with Crippen LogP contribution < -0.4 is 0 Å². The first-order chi connectivity index (χ1) is 10.3. The van der Waals surface area contributed by atoms with E-state index in [1.807, 2.05) is 18.2 Å². The second-order valence-corrected chi connectivity index (χ2v) is 6.19. The first-order valence-electron chi connectivity index (χ1n) is 7.77. The molecule has 1 aliphatic carbocycles. The number of hydrogen-bond donors (Lipinski definition) is 0. The molecule has 0 amide bonds. The van der Waals surface area contributed by atoms with Gasteiger partial charge in [-0.3, -0.25) is 0 Å². The van der Waals surface area contributed by atoms with Gasteiger partial charge in [0.05, 0.1) is 28.5 Å². The van der Waals surface area contributed by atoms with Crippen molar-refractivity contribution in [3.8, 4) is 6.07 Å². The van der Waals surface area contributed by atoms with Crippen molar-refractivity contribution in [1.29, 1.82) is 5.26 Å². The second kappa shape index (κ2) is 6.49. The van der Waals surface area contributed by atoms with Crippen LogP contribution in [0.4, 0.5) is 0 Å². The smallest absolute Gasteiger partial charge is 0.124 e. The van der Waals surface area contributed by atoms with Gasteiger partial charge < -0.3 is 4.57 Å². The van der Waals surface area contributed by atoms with E-state index in [4.69, 9.17) is 16.9 Å². The summed E-state index contributed by atoms with van der Waals surface area (Å²) in [4.78, 5) is 4.58. The molecule has 0 atom stereocenters. The van der Waals surface area contributed by atoms with Gasteiger partial charge >= 0.3 is 0 Å². The van der Waals surface area contributed by atoms with Gasteiger partial charge in [-0.2, -0.15) is 5.26 Å². The highest BCUT2D eigenvalue weighted by Crippen LogP contribution is 2.29. The van der Waals surface area contributed by atoms with E-state index in [2.05, 4.69) is 15.6 Å². The van der Waals surface area contributed by atoms with Gasteiger partial charge in [0.2, 0.25) is 0 Å². The van der Waals surface area contributed by atoms with Gasteiger partial charge in [0.25, 0.3) is 0 Å². The average molecular weight is 302 g/mol. The van der Waals surface area contributed by atoms with E-state index in [0.717, 1.165) is 35.7 Å². The molecule has 0 saturated heterocycles. The lowest BCUT2D eigenvalue weighted by Crippen LogP contribution is -2.04. The zero-order chi connectivity index (χ0) is 14.7. The standard InChI is InChI=1S/C17H20ClN3/c18-11-17-20-15-8-7-14(12-19)10-16(15)21(17)9-3-6-13-4-1-2-5-13/h7-8,10,13H,1-6,9,11H2. The zero-order valence-corrected chi connectivity index (χ0v) is 12.9. The number of benzene rings is 1. The molecule has 0 radical (unpaired) electrons. The minimum Gasteiger partial charge on any atom is -0.327 e. The number of halogens is 1. The Morgan fingerprint density at radius 2 is 2.14 bits per heavy atom. The summed E-state index contributed by atoms with van der Waals surface area (Å²) >= 11 is 6.03. The molecule has 0 N–H and O–H groups in total. The average Bonchev–Trinajstić information content (AvgIpc) is 3.14. The Balaban J connectivity index is 1.79. The Kier molecular flexibility index (Phi) is 4.45. The summed E-state index contributed by atoms with van der Waals surface area (Å²) in [6.07, 6.45) is 8.04. The number of aryl methyl sites for hydroxylation is 1. The fraction of sp³-hybridized carbons (Fsp3) is 0.529. The molecule has 3 nitrogen and oxygen atoms in total. The fourth-order valence-electron chi connectivity index (χ4n) is 3.43. The van der Waals surface area contributed by atoms with Gasteiger partial charge in [0.15, 0.2) is 0 Å². The first kappa shape index (κ1) is 14.4. The summed E-state index contributed by atoms with van der Waals surface area (Å²) in [5.41, 5.74) is 2.65. The minimum atomic E-state index is 0.417. The molecule has 0 bridgehead atoms. The third-order valence-electron chi connectivity index (χ3n) is 4.54. The van der Waals surface area contributed by atoms with E-state index in [1.54, 1.807) is 0 Å². The topological polar surface area (TPSA) is 41.6 Å². The van der Waals surface area contributed by atoms with Crippen LogP contribution in [-0.4, -0.2) is 9.55 Å². The SMILES string of the molecule is N#Cc1ccc2nc(CCl)n(CCCC3CCCC3)c2c1. The number of alkyl halides is 1. The molecule has 21 heavy (non-hydrogen) atoms. The van der Waals surface area contributed by atoms with E-state index < -0.39 is 0 Å². The molecule has 2 aromatic rings. The maximum atomic E-state index is 9.07. The molecular weight excluding hydrogens is 282 g/mol. The van der Waals surface area contributed by atoms with Gasteiger partial charge in [0.1, 0.15) is 5.82 Å². The van der Waals surface area contributed by atoms with E-state index in [0.29, 0.717) is 11.4 Å². The van der Waals surface area contributed by atoms with E-state index in [-0.39, 0.29) is 0 Å². The first-order valence-corrected chi connectivity index (χ1v) is 8.30. The number of nitrogens with zero attached hydrogens (tertiary/aromatic N) is 3. The highest BCUT2D eigenvalue weighted by atomic mass is 35.5. The van der Waals surface area contributed by atoms with Crippen molar-refractivity contribution < 1.29 is 0 Å². The number of aromatic nitrogens is 2. The third kappa shape index (κ3) is 3.06. The predicted octanol–water partition coefficient (Wildman–Crippen LogP) is 4.62. The molecule has 110 valence electrons. The van der Waals surface area contributed by atoms with Gasteiger partial charge in [0, 0.05) is 6.54 Å². The Hall–Kier alpha value is -1.53. The second-order valence-electron chi connectivity index (χ2n) is 5.92. The molecule has 3 rings (SSSR count). The lowest BCUT2D eigenvalue weighted by molar-refractivity contribution is 0.459. The lowest BCUT2D eigenvalue weighted by Gasteiger charge is -2.11. The summed E-state index contributed by atoms with van der Waals surface area (Å²) < 4.78 is 2.19. The molecule has 1 aromatic heterocycles. The number of hydrogen-bond acceptors (Lipinski definition) is 2. The highest BCUT2D eigenvalue weighted by Gasteiger charge is 2.15. The van der Waals surface area contributed by atoms with Crippen LogP contribution in [0.3, 0.4) is 0 Å². The molecule has 1 aliphatic rings. The zero-order valence-electron chi connectivity index (χ0n) is 12.2. The van der Waals surface area contributed by atoms with Crippen LogP contribution in [0.2, 0.25) is 0 Å².